The Bertz CT molecular complexity index is 1500. The molecular formula is C27H28ClFN2O5S. The van der Waals surface area contributed by atoms with Crippen LogP contribution in [0, 0.1) is 5.82 Å². The van der Waals surface area contributed by atoms with Crippen molar-refractivity contribution < 1.29 is 23.8 Å². The number of ether oxygens (including phenoxy) is 1. The highest BCUT2D eigenvalue weighted by atomic mass is 35.5. The molecular weight excluding hydrogens is 519 g/mol. The third-order valence-electron chi connectivity index (χ3n) is 6.86. The number of fused-ring (bicyclic) bond motifs is 2. The second kappa shape index (κ2) is 9.13. The van der Waals surface area contributed by atoms with Crippen LogP contribution in [0.1, 0.15) is 79.3 Å². The minimum Gasteiger partial charge on any atom is -0.477 e. The molecule has 2 aliphatic carbocycles. The topological polar surface area (TPSA) is 88.8 Å². The second-order valence-electron chi connectivity index (χ2n) is 10.7. The number of aromatic nitrogens is 1. The van der Waals surface area contributed by atoms with Crippen LogP contribution in [0.2, 0.25) is 5.02 Å². The van der Waals surface area contributed by atoms with Crippen LogP contribution in [-0.2, 0) is 11.2 Å². The molecule has 1 fully saturated rings. The zero-order chi connectivity index (χ0) is 26.8. The van der Waals surface area contributed by atoms with Crippen molar-refractivity contribution in [3.8, 4) is 10.4 Å². The smallest absolute Gasteiger partial charge is 0.410 e. The summed E-state index contributed by atoms with van der Waals surface area (Å²) in [6.07, 6.45) is 4.99. The van der Waals surface area contributed by atoms with E-state index in [0.717, 1.165) is 48.6 Å². The molecule has 0 aliphatic heterocycles. The van der Waals surface area contributed by atoms with Crippen molar-refractivity contribution in [2.24, 2.45) is 0 Å². The molecule has 1 unspecified atom stereocenters. The molecule has 0 spiro atoms. The molecule has 7 nitrogen and oxygen atoms in total. The minimum absolute atomic E-state index is 0.0143. The summed E-state index contributed by atoms with van der Waals surface area (Å²) in [5.74, 6) is -2.04. The first kappa shape index (κ1) is 25.7. The summed E-state index contributed by atoms with van der Waals surface area (Å²) in [7, 11) is 1.71. The summed E-state index contributed by atoms with van der Waals surface area (Å²) in [6, 6.07) is 2.79. The zero-order valence-corrected chi connectivity index (χ0v) is 22.6. The van der Waals surface area contributed by atoms with Gasteiger partial charge < -0.3 is 19.3 Å². The van der Waals surface area contributed by atoms with E-state index >= 15 is 4.39 Å². The Morgan fingerprint density at radius 2 is 1.95 bits per heavy atom. The summed E-state index contributed by atoms with van der Waals surface area (Å²) < 4.78 is 22.9. The van der Waals surface area contributed by atoms with Crippen molar-refractivity contribution in [3.05, 3.63) is 55.4 Å². The summed E-state index contributed by atoms with van der Waals surface area (Å²) >= 11 is 8.25. The Hall–Kier alpha value is -2.91. The molecule has 1 N–H and O–H groups in total. The average molecular weight is 547 g/mol. The van der Waals surface area contributed by atoms with Crippen LogP contribution >= 0.6 is 22.9 Å². The number of halogens is 2. The van der Waals surface area contributed by atoms with Gasteiger partial charge in [-0.25, -0.2) is 14.0 Å². The predicted octanol–water partition coefficient (Wildman–Crippen LogP) is 6.80. The largest absolute Gasteiger partial charge is 0.477 e. The Morgan fingerprint density at radius 3 is 2.57 bits per heavy atom. The normalized spacial score (nSPS) is 17.5. The van der Waals surface area contributed by atoms with E-state index in [-0.39, 0.29) is 28.1 Å². The number of carbonyl (C=O) groups is 2. The maximum absolute atomic E-state index is 15.6. The molecule has 1 amide bonds. The second-order valence-corrected chi connectivity index (χ2v) is 12.3. The van der Waals surface area contributed by atoms with Gasteiger partial charge in [0.15, 0.2) is 0 Å². The lowest BCUT2D eigenvalue weighted by Crippen LogP contribution is -2.37. The number of rotatable bonds is 4. The third-order valence-corrected chi connectivity index (χ3v) is 8.45. The van der Waals surface area contributed by atoms with Crippen molar-refractivity contribution in [2.75, 3.05) is 7.05 Å². The van der Waals surface area contributed by atoms with Gasteiger partial charge in [-0.05, 0) is 70.6 Å². The van der Waals surface area contributed by atoms with Crippen LogP contribution < -0.4 is 5.43 Å². The Morgan fingerprint density at radius 1 is 1.24 bits per heavy atom. The lowest BCUT2D eigenvalue weighted by Gasteiger charge is -2.33. The standard InChI is InChI=1S/C27H28ClFN2O5S/c1-27(2,3)36-26(35)30(4)18-6-5-7-19-14(18)11-20(37-19)21-17(29)10-15-23(22(21)28)31(13-8-9-13)12-16(24(15)32)25(33)34/h10-13,18H,5-9H2,1-4H3,(H,33,34). The van der Waals surface area contributed by atoms with Gasteiger partial charge in [0, 0.05) is 34.6 Å². The summed E-state index contributed by atoms with van der Waals surface area (Å²) in [6.45, 7) is 5.45. The van der Waals surface area contributed by atoms with Crippen LogP contribution in [0.3, 0.4) is 0 Å². The number of carboxylic acid groups (broad SMARTS) is 1. The quantitative estimate of drug-likeness (QED) is 0.389. The summed E-state index contributed by atoms with van der Waals surface area (Å²) in [4.78, 5) is 40.6. The highest BCUT2D eigenvalue weighted by molar-refractivity contribution is 7.15. The van der Waals surface area contributed by atoms with Crippen molar-refractivity contribution in [1.82, 2.24) is 9.47 Å². The van der Waals surface area contributed by atoms with Crippen molar-refractivity contribution in [1.29, 1.82) is 0 Å². The Balaban J connectivity index is 1.63. The molecule has 0 radical (unpaired) electrons. The van der Waals surface area contributed by atoms with E-state index < -0.39 is 34.5 Å². The van der Waals surface area contributed by atoms with Gasteiger partial charge in [-0.15, -0.1) is 11.3 Å². The number of hydrogen-bond acceptors (Lipinski definition) is 5. The Labute approximate surface area is 222 Å². The van der Waals surface area contributed by atoms with E-state index in [1.54, 1.807) is 16.5 Å². The highest BCUT2D eigenvalue weighted by Crippen LogP contribution is 2.47. The summed E-state index contributed by atoms with van der Waals surface area (Å²) in [5, 5.41) is 9.56. The minimum atomic E-state index is -1.35. The molecule has 1 aromatic carbocycles. The molecule has 2 heterocycles. The van der Waals surface area contributed by atoms with Crippen molar-refractivity contribution >= 4 is 45.9 Å². The van der Waals surface area contributed by atoms with Crippen LogP contribution in [-0.4, -0.2) is 39.3 Å². The zero-order valence-electron chi connectivity index (χ0n) is 21.1. The maximum atomic E-state index is 15.6. The van der Waals surface area contributed by atoms with E-state index in [2.05, 4.69) is 0 Å². The number of nitrogens with zero attached hydrogens (tertiary/aromatic N) is 2. The SMILES string of the molecule is CN(C(=O)OC(C)(C)C)C1CCCc2sc(-c3c(F)cc4c(=O)c(C(=O)O)cn(C5CC5)c4c3Cl)cc21. The van der Waals surface area contributed by atoms with E-state index in [0.29, 0.717) is 10.4 Å². The molecule has 0 bridgehead atoms. The molecule has 2 aliphatic rings. The molecule has 5 rings (SSSR count). The van der Waals surface area contributed by atoms with E-state index in [4.69, 9.17) is 16.3 Å². The molecule has 196 valence electrons. The molecule has 2 aromatic heterocycles. The number of benzene rings is 1. The maximum Gasteiger partial charge on any atom is 0.410 e. The van der Waals surface area contributed by atoms with Gasteiger partial charge in [0.2, 0.25) is 5.43 Å². The molecule has 1 saturated carbocycles. The number of pyridine rings is 1. The molecule has 37 heavy (non-hydrogen) atoms. The monoisotopic (exact) mass is 546 g/mol. The number of carbonyl (C=O) groups excluding carboxylic acids is 1. The van der Waals surface area contributed by atoms with Crippen molar-refractivity contribution in [2.45, 2.75) is 70.6 Å². The number of carboxylic acids is 1. The first-order valence-corrected chi connectivity index (χ1v) is 13.5. The number of aromatic carboxylic acids is 1. The third kappa shape index (κ3) is 4.63. The predicted molar refractivity (Wildman–Crippen MR) is 141 cm³/mol. The van der Waals surface area contributed by atoms with Gasteiger partial charge in [0.1, 0.15) is 17.0 Å². The van der Waals surface area contributed by atoms with Gasteiger partial charge in [0.25, 0.3) is 0 Å². The summed E-state index contributed by atoms with van der Waals surface area (Å²) in [5.41, 5.74) is -0.301. The first-order chi connectivity index (χ1) is 17.4. The number of aryl methyl sites for hydroxylation is 1. The first-order valence-electron chi connectivity index (χ1n) is 12.3. The average Bonchev–Trinajstić information content (AvgIpc) is 3.56. The van der Waals surface area contributed by atoms with Gasteiger partial charge >= 0.3 is 12.1 Å². The molecule has 10 heteroatoms. The van der Waals surface area contributed by atoms with E-state index in [9.17, 15) is 19.5 Å². The highest BCUT2D eigenvalue weighted by Gasteiger charge is 2.33. The van der Waals surface area contributed by atoms with Crippen LogP contribution in [0.4, 0.5) is 9.18 Å². The molecule has 1 atom stereocenters. The fourth-order valence-electron chi connectivity index (χ4n) is 4.98. The van der Waals surface area contributed by atoms with Crippen LogP contribution in [0.25, 0.3) is 21.3 Å². The number of thiophene rings is 1. The van der Waals surface area contributed by atoms with Gasteiger partial charge in [0.05, 0.1) is 22.0 Å². The van der Waals surface area contributed by atoms with Crippen molar-refractivity contribution in [3.63, 3.8) is 0 Å². The lowest BCUT2D eigenvalue weighted by atomic mass is 9.92. The fourth-order valence-corrected chi connectivity index (χ4v) is 6.74. The molecule has 0 saturated heterocycles. The van der Waals surface area contributed by atoms with Crippen LogP contribution in [0.15, 0.2) is 23.1 Å². The van der Waals surface area contributed by atoms with E-state index in [1.165, 1.54) is 17.5 Å². The number of amides is 1. The van der Waals surface area contributed by atoms with Crippen LogP contribution in [0.5, 0.6) is 0 Å². The Kier molecular flexibility index (Phi) is 6.35. The van der Waals surface area contributed by atoms with Gasteiger partial charge in [-0.2, -0.15) is 0 Å². The lowest BCUT2D eigenvalue weighted by molar-refractivity contribution is 0.0205. The van der Waals surface area contributed by atoms with Gasteiger partial charge in [-0.3, -0.25) is 4.79 Å². The number of hydrogen-bond donors (Lipinski definition) is 1. The van der Waals surface area contributed by atoms with E-state index in [1.807, 2.05) is 26.8 Å². The fraction of sp³-hybridized carbons (Fsp3) is 0.444. The van der Waals surface area contributed by atoms with Gasteiger partial charge in [-0.1, -0.05) is 11.6 Å². The molecule has 3 aromatic rings.